The van der Waals surface area contributed by atoms with Gasteiger partial charge in [0.2, 0.25) is 0 Å². The number of nitriles is 1. The fourth-order valence-electron chi connectivity index (χ4n) is 4.24. The van der Waals surface area contributed by atoms with Crippen molar-refractivity contribution in [2.24, 2.45) is 0 Å². The third kappa shape index (κ3) is 7.91. The van der Waals surface area contributed by atoms with Crippen LogP contribution in [0.25, 0.3) is 16.3 Å². The summed E-state index contributed by atoms with van der Waals surface area (Å²) in [6.07, 6.45) is -4.10. The molecule has 0 bridgehead atoms. The predicted molar refractivity (Wildman–Crippen MR) is 139 cm³/mol. The molecule has 0 saturated carbocycles. The first-order valence-corrected chi connectivity index (χ1v) is 13.9. The van der Waals surface area contributed by atoms with Gasteiger partial charge in [0, 0.05) is 38.5 Å². The Morgan fingerprint density at radius 3 is 2.26 bits per heavy atom. The van der Waals surface area contributed by atoms with Gasteiger partial charge in [-0.3, -0.25) is 0 Å². The van der Waals surface area contributed by atoms with E-state index in [-0.39, 0.29) is 69.7 Å². The van der Waals surface area contributed by atoms with Gasteiger partial charge in [0.25, 0.3) is 0 Å². The Bertz CT molecular complexity index is 1270. The zero-order valence-electron chi connectivity index (χ0n) is 21.2. The van der Waals surface area contributed by atoms with Crippen LogP contribution in [0.5, 0.6) is 0 Å². The molecule has 1 fully saturated rings. The number of hydrogen-bond acceptors (Lipinski definition) is 8. The molecule has 38 heavy (non-hydrogen) atoms. The molecule has 1 aliphatic rings. The molecule has 0 aromatic heterocycles. The van der Waals surface area contributed by atoms with Crippen LogP contribution >= 0.6 is 0 Å². The van der Waals surface area contributed by atoms with Crippen molar-refractivity contribution in [2.45, 2.75) is 19.6 Å². The predicted octanol–water partition coefficient (Wildman–Crippen LogP) is 3.57. The summed E-state index contributed by atoms with van der Waals surface area (Å²) in [7, 11) is -3.83. The quantitative estimate of drug-likeness (QED) is 0.241. The molecule has 3 rings (SSSR count). The number of rotatable bonds is 12. The summed E-state index contributed by atoms with van der Waals surface area (Å²) in [5, 5.41) is 20.0. The van der Waals surface area contributed by atoms with E-state index in [4.69, 9.17) is 14.6 Å². The van der Waals surface area contributed by atoms with Gasteiger partial charge in [-0.05, 0) is 53.5 Å². The summed E-state index contributed by atoms with van der Waals surface area (Å²) in [5.41, 5.74) is 1.77. The Morgan fingerprint density at radius 1 is 1.00 bits per heavy atom. The van der Waals surface area contributed by atoms with Crippen LogP contribution < -0.4 is 4.90 Å². The highest BCUT2D eigenvalue weighted by atomic mass is 32.2. The van der Waals surface area contributed by atoms with E-state index >= 15 is 0 Å². The lowest BCUT2D eigenvalue weighted by Gasteiger charge is -2.36. The van der Waals surface area contributed by atoms with E-state index in [2.05, 4.69) is 0 Å². The van der Waals surface area contributed by atoms with Gasteiger partial charge in [-0.2, -0.15) is 18.4 Å². The van der Waals surface area contributed by atoms with Gasteiger partial charge in [-0.15, -0.1) is 0 Å². The molecule has 2 aromatic carbocycles. The summed E-state index contributed by atoms with van der Waals surface area (Å²) in [5.74, 6) is -0.233. The average molecular weight is 556 g/mol. The molecule has 0 amide bonds. The van der Waals surface area contributed by atoms with Gasteiger partial charge in [0.1, 0.15) is 11.0 Å². The van der Waals surface area contributed by atoms with Crippen molar-refractivity contribution >= 4 is 31.9 Å². The second kappa shape index (κ2) is 13.4. The Hall–Kier alpha value is -2.69. The number of sulfone groups is 1. The van der Waals surface area contributed by atoms with E-state index in [0.29, 0.717) is 22.6 Å². The molecule has 12 heteroatoms. The number of alkyl halides is 3. The van der Waals surface area contributed by atoms with Crippen molar-refractivity contribution in [3.05, 3.63) is 46.9 Å². The molecular weight excluding hydrogens is 523 g/mol. The second-order valence-corrected chi connectivity index (χ2v) is 10.9. The van der Waals surface area contributed by atoms with E-state index in [1.807, 2.05) is 35.2 Å². The molecule has 0 radical (unpaired) electrons. The van der Waals surface area contributed by atoms with Crippen LogP contribution in [-0.4, -0.2) is 89.7 Å². The number of allylic oxidation sites excluding steroid dienone is 2. The van der Waals surface area contributed by atoms with Crippen molar-refractivity contribution in [3.63, 3.8) is 0 Å². The number of hydrogen-bond donors (Lipinski definition) is 1. The van der Waals surface area contributed by atoms with Crippen LogP contribution in [0, 0.1) is 11.3 Å². The molecule has 1 aliphatic heterocycles. The number of fused-ring (bicyclic) bond motifs is 1. The molecule has 1 N–H and O–H groups in total. The molecule has 0 aliphatic carbocycles. The monoisotopic (exact) mass is 555 g/mol. The topological polar surface area (TPSA) is 103 Å². The number of benzene rings is 2. The van der Waals surface area contributed by atoms with Gasteiger partial charge in [-0.25, -0.2) is 13.3 Å². The molecular formula is C26H32F3N3O5S. The molecule has 0 spiro atoms. The minimum Gasteiger partial charge on any atom is -0.394 e. The number of nitrogens with zero attached hydrogens (tertiary/aromatic N) is 3. The van der Waals surface area contributed by atoms with Crippen molar-refractivity contribution < 1.29 is 36.2 Å². The van der Waals surface area contributed by atoms with Gasteiger partial charge in [-0.1, -0.05) is 18.2 Å². The summed E-state index contributed by atoms with van der Waals surface area (Å²) in [6.45, 7) is 2.84. The lowest BCUT2D eigenvalue weighted by molar-refractivity contribution is -0.246. The maximum Gasteiger partial charge on any atom is 0.460 e. The van der Waals surface area contributed by atoms with Crippen LogP contribution in [0.2, 0.25) is 0 Å². The van der Waals surface area contributed by atoms with Crippen LogP contribution in [0.3, 0.4) is 0 Å². The summed E-state index contributed by atoms with van der Waals surface area (Å²) < 4.78 is 74.8. The number of aliphatic hydroxyl groups excluding tert-OH is 1. The number of aliphatic hydroxyl groups is 1. The SMILES string of the molecule is C/C(=C(/C#N)S(=O)(=O)CCCOCCOCCO)c1ccc2cc(N3CCN(C(F)(F)F)CC3)ccc2c1. The lowest BCUT2D eigenvalue weighted by Crippen LogP contribution is -2.51. The van der Waals surface area contributed by atoms with Crippen LogP contribution in [0.15, 0.2) is 41.3 Å². The largest absolute Gasteiger partial charge is 0.460 e. The molecule has 0 unspecified atom stereocenters. The summed E-state index contributed by atoms with van der Waals surface area (Å²) >= 11 is 0. The first-order valence-electron chi connectivity index (χ1n) is 12.3. The highest BCUT2D eigenvalue weighted by molar-refractivity contribution is 7.95. The Balaban J connectivity index is 1.67. The van der Waals surface area contributed by atoms with E-state index in [1.165, 1.54) is 0 Å². The molecule has 0 atom stereocenters. The first kappa shape index (κ1) is 29.9. The average Bonchev–Trinajstić information content (AvgIpc) is 2.89. The minimum absolute atomic E-state index is 0.0783. The van der Waals surface area contributed by atoms with E-state index in [1.54, 1.807) is 19.1 Å². The highest BCUT2D eigenvalue weighted by Crippen LogP contribution is 2.30. The minimum atomic E-state index is -4.32. The Morgan fingerprint density at radius 2 is 1.63 bits per heavy atom. The lowest BCUT2D eigenvalue weighted by atomic mass is 10.0. The molecule has 1 heterocycles. The fraction of sp³-hybridized carbons (Fsp3) is 0.500. The zero-order valence-corrected chi connectivity index (χ0v) is 22.0. The van der Waals surface area contributed by atoms with Crippen molar-refractivity contribution in [3.8, 4) is 6.07 Å². The van der Waals surface area contributed by atoms with Gasteiger partial charge in [0.05, 0.1) is 32.2 Å². The van der Waals surface area contributed by atoms with Gasteiger partial charge in [0.15, 0.2) is 9.84 Å². The van der Waals surface area contributed by atoms with Crippen molar-refractivity contribution in [1.29, 1.82) is 5.26 Å². The Labute approximate surface area is 220 Å². The highest BCUT2D eigenvalue weighted by Gasteiger charge is 2.38. The normalized spacial score (nSPS) is 15.9. The third-order valence-corrected chi connectivity index (χ3v) is 8.17. The van der Waals surface area contributed by atoms with E-state index < -0.39 is 16.1 Å². The summed E-state index contributed by atoms with van der Waals surface area (Å²) in [4.78, 5) is 2.13. The van der Waals surface area contributed by atoms with Gasteiger partial charge >= 0.3 is 6.30 Å². The third-order valence-electron chi connectivity index (χ3n) is 6.32. The number of anilines is 1. The summed E-state index contributed by atoms with van der Waals surface area (Å²) in [6, 6.07) is 12.8. The van der Waals surface area contributed by atoms with Crippen molar-refractivity contribution in [1.82, 2.24) is 4.90 Å². The molecule has 2 aromatic rings. The molecule has 208 valence electrons. The Kier molecular flexibility index (Phi) is 10.5. The smallest absolute Gasteiger partial charge is 0.394 e. The second-order valence-electron chi connectivity index (χ2n) is 8.87. The molecule has 1 saturated heterocycles. The van der Waals surface area contributed by atoms with Gasteiger partial charge < -0.3 is 19.5 Å². The number of piperazine rings is 1. The maximum absolute atomic E-state index is 12.9. The van der Waals surface area contributed by atoms with Crippen molar-refractivity contribution in [2.75, 3.05) is 69.9 Å². The van der Waals surface area contributed by atoms with Crippen LogP contribution in [0.4, 0.5) is 18.9 Å². The van der Waals surface area contributed by atoms with Crippen LogP contribution in [0.1, 0.15) is 18.9 Å². The fourth-order valence-corrected chi connectivity index (χ4v) is 5.66. The number of ether oxygens (including phenoxy) is 2. The van der Waals surface area contributed by atoms with E-state index in [0.717, 1.165) is 16.5 Å². The first-order chi connectivity index (χ1) is 18.1. The van der Waals surface area contributed by atoms with Crippen LogP contribution in [-0.2, 0) is 19.3 Å². The standard InChI is InChI=1S/C26H32F3N3O5S/c1-20(25(19-30)38(34,35)16-2-12-36-14-15-37-13-11-33)21-3-4-23-18-24(6-5-22(23)17-21)31-7-9-32(10-8-31)26(27,28)29/h3-6,17-18,33H,2,7-16H2,1H3/b25-20+. The molecule has 8 nitrogen and oxygen atoms in total. The zero-order chi connectivity index (χ0) is 27.8. The maximum atomic E-state index is 12.9. The van der Waals surface area contributed by atoms with E-state index in [9.17, 15) is 26.9 Å². The number of halogens is 3.